The predicted octanol–water partition coefficient (Wildman–Crippen LogP) is 3.39. The SMILES string of the molecule is CC(C)C[C@H](O)P(=O)(OC(C)C)OC(C)C. The van der Waals surface area contributed by atoms with Crippen LogP contribution in [0.1, 0.15) is 48.0 Å². The lowest BCUT2D eigenvalue weighted by atomic mass is 10.1. The van der Waals surface area contributed by atoms with Crippen molar-refractivity contribution in [2.45, 2.75) is 66.0 Å². The van der Waals surface area contributed by atoms with Gasteiger partial charge in [0.25, 0.3) is 0 Å². The molecule has 0 rings (SSSR count). The molecule has 0 saturated heterocycles. The molecule has 0 unspecified atom stereocenters. The van der Waals surface area contributed by atoms with Gasteiger partial charge in [-0.15, -0.1) is 0 Å². The van der Waals surface area contributed by atoms with Crippen LogP contribution in [0.3, 0.4) is 0 Å². The van der Waals surface area contributed by atoms with Crippen molar-refractivity contribution in [1.29, 1.82) is 0 Å². The van der Waals surface area contributed by atoms with Crippen molar-refractivity contribution in [3.63, 3.8) is 0 Å². The lowest BCUT2D eigenvalue weighted by Crippen LogP contribution is -2.19. The van der Waals surface area contributed by atoms with Gasteiger partial charge in [0.1, 0.15) is 0 Å². The molecule has 16 heavy (non-hydrogen) atoms. The Kier molecular flexibility index (Phi) is 6.80. The Morgan fingerprint density at radius 2 is 1.38 bits per heavy atom. The number of aliphatic hydroxyl groups excluding tert-OH is 1. The fourth-order valence-electron chi connectivity index (χ4n) is 1.30. The Balaban J connectivity index is 4.70. The summed E-state index contributed by atoms with van der Waals surface area (Å²) in [5.41, 5.74) is 0. The van der Waals surface area contributed by atoms with Crippen LogP contribution in [0, 0.1) is 5.92 Å². The van der Waals surface area contributed by atoms with Gasteiger partial charge in [-0.2, -0.15) is 0 Å². The molecule has 0 fully saturated rings. The summed E-state index contributed by atoms with van der Waals surface area (Å²) in [6, 6.07) is 0. The highest BCUT2D eigenvalue weighted by Crippen LogP contribution is 2.55. The van der Waals surface area contributed by atoms with E-state index < -0.39 is 13.4 Å². The molecule has 0 saturated carbocycles. The predicted molar refractivity (Wildman–Crippen MR) is 65.5 cm³/mol. The summed E-state index contributed by atoms with van der Waals surface area (Å²) in [6.07, 6.45) is -0.0470. The topological polar surface area (TPSA) is 55.8 Å². The highest BCUT2D eigenvalue weighted by atomic mass is 31.2. The van der Waals surface area contributed by atoms with Gasteiger partial charge in [0.15, 0.2) is 5.85 Å². The molecule has 0 aromatic heterocycles. The normalized spacial score (nSPS) is 15.1. The maximum absolute atomic E-state index is 12.4. The highest BCUT2D eigenvalue weighted by Gasteiger charge is 2.36. The number of rotatable bonds is 7. The Bertz CT molecular complexity index is 224. The molecular formula is C11H25O4P. The second-order valence-electron chi connectivity index (χ2n) is 4.96. The molecule has 0 aromatic rings. The average molecular weight is 252 g/mol. The minimum absolute atomic E-state index is 0.230. The van der Waals surface area contributed by atoms with Crippen molar-refractivity contribution in [3.05, 3.63) is 0 Å². The van der Waals surface area contributed by atoms with E-state index in [2.05, 4.69) is 0 Å². The second kappa shape index (κ2) is 6.75. The van der Waals surface area contributed by atoms with Crippen molar-refractivity contribution in [3.8, 4) is 0 Å². The van der Waals surface area contributed by atoms with E-state index in [1.807, 2.05) is 13.8 Å². The molecule has 0 amide bonds. The molecule has 1 N–H and O–H groups in total. The Labute approximate surface area is 98.9 Å². The van der Waals surface area contributed by atoms with E-state index in [1.54, 1.807) is 27.7 Å². The van der Waals surface area contributed by atoms with E-state index in [0.717, 1.165) is 0 Å². The molecule has 4 nitrogen and oxygen atoms in total. The smallest absolute Gasteiger partial charge is 0.359 e. The third kappa shape index (κ3) is 6.00. The summed E-state index contributed by atoms with van der Waals surface area (Å²) in [4.78, 5) is 0. The molecule has 0 heterocycles. The molecule has 1 atom stereocenters. The lowest BCUT2D eigenvalue weighted by molar-refractivity contribution is 0.0938. The maximum Gasteiger partial charge on any atom is 0.359 e. The minimum Gasteiger partial charge on any atom is -0.380 e. The van der Waals surface area contributed by atoms with Crippen molar-refractivity contribution in [2.75, 3.05) is 0 Å². The first-order valence-electron chi connectivity index (χ1n) is 5.82. The lowest BCUT2D eigenvalue weighted by Gasteiger charge is -2.27. The fraction of sp³-hybridized carbons (Fsp3) is 1.00. The standard InChI is InChI=1S/C11H25O4P/c1-8(2)7-11(12)16(13,14-9(3)4)15-10(5)6/h8-12H,7H2,1-6H3/t11-/m1/s1. The van der Waals surface area contributed by atoms with Crippen molar-refractivity contribution >= 4 is 7.60 Å². The van der Waals surface area contributed by atoms with E-state index in [4.69, 9.17) is 9.05 Å². The van der Waals surface area contributed by atoms with Gasteiger partial charge in [0, 0.05) is 0 Å². The largest absolute Gasteiger partial charge is 0.380 e. The van der Waals surface area contributed by atoms with Crippen molar-refractivity contribution in [2.24, 2.45) is 5.92 Å². The summed E-state index contributed by atoms with van der Waals surface area (Å²) in [5, 5.41) is 9.92. The van der Waals surface area contributed by atoms with Gasteiger partial charge in [0.05, 0.1) is 12.2 Å². The maximum atomic E-state index is 12.4. The summed E-state index contributed by atoms with van der Waals surface area (Å²) < 4.78 is 23.0. The molecule has 5 heteroatoms. The summed E-state index contributed by atoms with van der Waals surface area (Å²) >= 11 is 0. The van der Waals surface area contributed by atoms with Crippen LogP contribution in [-0.4, -0.2) is 23.2 Å². The first-order chi connectivity index (χ1) is 7.17. The van der Waals surface area contributed by atoms with Crippen LogP contribution in [-0.2, 0) is 13.6 Å². The van der Waals surface area contributed by atoms with Gasteiger partial charge in [-0.3, -0.25) is 4.57 Å². The van der Waals surface area contributed by atoms with Gasteiger partial charge in [-0.05, 0) is 40.0 Å². The Morgan fingerprint density at radius 3 is 1.62 bits per heavy atom. The molecule has 0 radical (unpaired) electrons. The molecule has 0 aromatic carbocycles. The number of hydrogen-bond donors (Lipinski definition) is 1. The quantitative estimate of drug-likeness (QED) is 0.705. The van der Waals surface area contributed by atoms with E-state index in [1.165, 1.54) is 0 Å². The van der Waals surface area contributed by atoms with Crippen LogP contribution in [0.15, 0.2) is 0 Å². The van der Waals surface area contributed by atoms with E-state index >= 15 is 0 Å². The first kappa shape index (κ1) is 16.1. The van der Waals surface area contributed by atoms with E-state index in [-0.39, 0.29) is 18.1 Å². The zero-order valence-electron chi connectivity index (χ0n) is 11.1. The van der Waals surface area contributed by atoms with Crippen LogP contribution in [0.25, 0.3) is 0 Å². The van der Waals surface area contributed by atoms with Crippen LogP contribution in [0.2, 0.25) is 0 Å². The van der Waals surface area contributed by atoms with Crippen LogP contribution in [0.5, 0.6) is 0 Å². The van der Waals surface area contributed by atoms with Crippen molar-refractivity contribution < 1.29 is 18.7 Å². The monoisotopic (exact) mass is 252 g/mol. The van der Waals surface area contributed by atoms with Gasteiger partial charge in [0.2, 0.25) is 0 Å². The molecule has 0 aliphatic heterocycles. The molecule has 98 valence electrons. The minimum atomic E-state index is -3.42. The second-order valence-corrected chi connectivity index (χ2v) is 7.06. The third-order valence-electron chi connectivity index (χ3n) is 1.76. The van der Waals surface area contributed by atoms with Crippen LogP contribution < -0.4 is 0 Å². The van der Waals surface area contributed by atoms with Crippen molar-refractivity contribution in [1.82, 2.24) is 0 Å². The zero-order valence-corrected chi connectivity index (χ0v) is 12.0. The zero-order chi connectivity index (χ0) is 12.9. The number of hydrogen-bond acceptors (Lipinski definition) is 4. The molecule has 0 aliphatic rings. The third-order valence-corrected chi connectivity index (χ3v) is 4.13. The molecule has 0 bridgehead atoms. The number of aliphatic hydroxyl groups is 1. The Morgan fingerprint density at radius 1 is 1.00 bits per heavy atom. The van der Waals surface area contributed by atoms with E-state index in [9.17, 15) is 9.67 Å². The van der Waals surface area contributed by atoms with Gasteiger partial charge < -0.3 is 14.2 Å². The van der Waals surface area contributed by atoms with Gasteiger partial charge in [-0.25, -0.2) is 0 Å². The van der Waals surface area contributed by atoms with Crippen LogP contribution in [0.4, 0.5) is 0 Å². The Hall–Kier alpha value is 0.110. The van der Waals surface area contributed by atoms with E-state index in [0.29, 0.717) is 6.42 Å². The molecule has 0 spiro atoms. The first-order valence-corrected chi connectivity index (χ1v) is 7.43. The van der Waals surface area contributed by atoms with Gasteiger partial charge in [-0.1, -0.05) is 13.8 Å². The molecular weight excluding hydrogens is 227 g/mol. The summed E-state index contributed by atoms with van der Waals surface area (Å²) in [5.74, 6) is -0.799. The summed E-state index contributed by atoms with van der Waals surface area (Å²) in [7, 11) is -3.42. The highest BCUT2D eigenvalue weighted by molar-refractivity contribution is 7.54. The molecule has 0 aliphatic carbocycles. The van der Waals surface area contributed by atoms with Gasteiger partial charge >= 0.3 is 7.60 Å². The fourth-order valence-corrected chi connectivity index (χ4v) is 3.49. The summed E-state index contributed by atoms with van der Waals surface area (Å²) in [6.45, 7) is 11.0. The van der Waals surface area contributed by atoms with Crippen LogP contribution >= 0.6 is 7.60 Å². The average Bonchev–Trinajstić information content (AvgIpc) is 1.98.